The standard InChI is InChI=1S/C4H9NO.Cd/c1-3-6-4-2-5-1;/h5H,1-4H2;. The quantitative estimate of drug-likeness (QED) is 0.537. The molecule has 1 fully saturated rings. The van der Waals surface area contributed by atoms with E-state index in [0.717, 1.165) is 26.3 Å². The zero-order valence-electron chi connectivity index (χ0n) is 4.44. The minimum absolute atomic E-state index is 0. The molecular weight excluding hydrogens is 190 g/mol. The van der Waals surface area contributed by atoms with Crippen molar-refractivity contribution in [1.82, 2.24) is 5.32 Å². The monoisotopic (exact) mass is 201 g/mol. The summed E-state index contributed by atoms with van der Waals surface area (Å²) in [5.74, 6) is 0. The Kier molecular flexibility index (Phi) is 5.59. The minimum Gasteiger partial charge on any atom is -0.379 e. The van der Waals surface area contributed by atoms with Crippen LogP contribution in [0, 0.1) is 0 Å². The van der Waals surface area contributed by atoms with Gasteiger partial charge in [0.15, 0.2) is 0 Å². The molecule has 1 aliphatic rings. The molecule has 0 bridgehead atoms. The van der Waals surface area contributed by atoms with Crippen LogP contribution in [0.4, 0.5) is 0 Å². The molecule has 0 saturated carbocycles. The number of morpholine rings is 1. The second kappa shape index (κ2) is 4.99. The predicted molar refractivity (Wildman–Crippen MR) is 23.7 cm³/mol. The van der Waals surface area contributed by atoms with E-state index in [1.54, 1.807) is 0 Å². The van der Waals surface area contributed by atoms with Gasteiger partial charge in [-0.05, 0) is 0 Å². The number of hydrogen-bond acceptors (Lipinski definition) is 2. The largest absolute Gasteiger partial charge is 0.379 e. The molecule has 0 aliphatic carbocycles. The molecule has 0 radical (unpaired) electrons. The van der Waals surface area contributed by atoms with Crippen molar-refractivity contribution in [1.29, 1.82) is 0 Å². The Balaban J connectivity index is 0.000000360. The first kappa shape index (κ1) is 7.84. The van der Waals surface area contributed by atoms with E-state index in [-0.39, 0.29) is 27.3 Å². The topological polar surface area (TPSA) is 21.3 Å². The number of ether oxygens (including phenoxy) is 1. The Morgan fingerprint density at radius 1 is 1.14 bits per heavy atom. The Hall–Kier alpha value is 0.842. The van der Waals surface area contributed by atoms with Crippen molar-refractivity contribution in [3.63, 3.8) is 0 Å². The molecule has 1 N–H and O–H groups in total. The van der Waals surface area contributed by atoms with Crippen molar-refractivity contribution in [2.75, 3.05) is 26.3 Å². The van der Waals surface area contributed by atoms with E-state index in [2.05, 4.69) is 5.32 Å². The van der Waals surface area contributed by atoms with Gasteiger partial charge in [-0.15, -0.1) is 0 Å². The maximum absolute atomic E-state index is 5.01. The third-order valence-corrected chi connectivity index (χ3v) is 0.846. The maximum Gasteiger partial charge on any atom is 0.0591 e. The Morgan fingerprint density at radius 2 is 1.71 bits per heavy atom. The summed E-state index contributed by atoms with van der Waals surface area (Å²) in [6.07, 6.45) is 0. The van der Waals surface area contributed by atoms with E-state index in [0.29, 0.717) is 0 Å². The molecule has 0 aromatic rings. The Labute approximate surface area is 63.8 Å². The van der Waals surface area contributed by atoms with Crippen molar-refractivity contribution >= 4 is 0 Å². The van der Waals surface area contributed by atoms with Gasteiger partial charge in [-0.3, -0.25) is 0 Å². The molecule has 0 spiro atoms. The number of nitrogens with one attached hydrogen (secondary N) is 1. The summed E-state index contributed by atoms with van der Waals surface area (Å²) >= 11 is 0. The molecule has 38 valence electrons. The molecule has 0 unspecified atom stereocenters. The van der Waals surface area contributed by atoms with Crippen LogP contribution in [-0.2, 0) is 32.0 Å². The molecule has 7 heavy (non-hydrogen) atoms. The second-order valence-electron chi connectivity index (χ2n) is 1.36. The molecule has 1 heterocycles. The molecular formula is C4H9CdNO. The summed E-state index contributed by atoms with van der Waals surface area (Å²) in [5.41, 5.74) is 0. The van der Waals surface area contributed by atoms with Gasteiger partial charge >= 0.3 is 0 Å². The van der Waals surface area contributed by atoms with Gasteiger partial charge in [-0.25, -0.2) is 0 Å². The van der Waals surface area contributed by atoms with Gasteiger partial charge in [0.2, 0.25) is 0 Å². The molecule has 1 aliphatic heterocycles. The van der Waals surface area contributed by atoms with E-state index in [1.165, 1.54) is 0 Å². The first-order chi connectivity index (χ1) is 3.00. The summed E-state index contributed by atoms with van der Waals surface area (Å²) in [5, 5.41) is 3.16. The van der Waals surface area contributed by atoms with Crippen LogP contribution in [0.3, 0.4) is 0 Å². The minimum atomic E-state index is 0. The fourth-order valence-corrected chi connectivity index (χ4v) is 0.516. The predicted octanol–water partition coefficient (Wildman–Crippen LogP) is -0.396. The molecule has 0 amide bonds. The Bertz CT molecular complexity index is 27.2. The molecule has 0 aromatic carbocycles. The smallest absolute Gasteiger partial charge is 0.0591 e. The zero-order valence-corrected chi connectivity index (χ0v) is 8.48. The van der Waals surface area contributed by atoms with Crippen molar-refractivity contribution in [3.05, 3.63) is 0 Å². The van der Waals surface area contributed by atoms with Gasteiger partial charge in [-0.1, -0.05) is 0 Å². The van der Waals surface area contributed by atoms with Crippen molar-refractivity contribution in [2.45, 2.75) is 0 Å². The summed E-state index contributed by atoms with van der Waals surface area (Å²) in [6, 6.07) is 0. The van der Waals surface area contributed by atoms with Crippen LogP contribution in [0.15, 0.2) is 0 Å². The van der Waals surface area contributed by atoms with Crippen LogP contribution in [-0.4, -0.2) is 26.3 Å². The molecule has 0 atom stereocenters. The van der Waals surface area contributed by atoms with Gasteiger partial charge in [0.05, 0.1) is 13.2 Å². The SMILES string of the molecule is C1COCCN1.[Cd]. The summed E-state index contributed by atoms with van der Waals surface area (Å²) in [7, 11) is 0. The number of rotatable bonds is 0. The second-order valence-corrected chi connectivity index (χ2v) is 1.36. The van der Waals surface area contributed by atoms with E-state index < -0.39 is 0 Å². The Morgan fingerprint density at radius 3 is 1.86 bits per heavy atom. The molecule has 1 saturated heterocycles. The van der Waals surface area contributed by atoms with E-state index in [4.69, 9.17) is 4.74 Å². The van der Waals surface area contributed by atoms with Gasteiger partial charge in [0, 0.05) is 40.4 Å². The van der Waals surface area contributed by atoms with Gasteiger partial charge in [-0.2, -0.15) is 0 Å². The van der Waals surface area contributed by atoms with E-state index >= 15 is 0 Å². The van der Waals surface area contributed by atoms with Crippen LogP contribution in [0.2, 0.25) is 0 Å². The average Bonchev–Trinajstić information content (AvgIpc) is 1.72. The normalized spacial score (nSPS) is 20.6. The van der Waals surface area contributed by atoms with Gasteiger partial charge in [0.1, 0.15) is 0 Å². The van der Waals surface area contributed by atoms with Crippen molar-refractivity contribution < 1.29 is 32.0 Å². The fourth-order valence-electron chi connectivity index (χ4n) is 0.516. The van der Waals surface area contributed by atoms with Crippen molar-refractivity contribution in [3.8, 4) is 0 Å². The first-order valence-corrected chi connectivity index (χ1v) is 2.28. The average molecular weight is 200 g/mol. The zero-order chi connectivity index (χ0) is 4.24. The summed E-state index contributed by atoms with van der Waals surface area (Å²) in [4.78, 5) is 0. The van der Waals surface area contributed by atoms with Crippen LogP contribution in [0.1, 0.15) is 0 Å². The fraction of sp³-hybridized carbons (Fsp3) is 1.00. The summed E-state index contributed by atoms with van der Waals surface area (Å²) < 4.78 is 5.01. The van der Waals surface area contributed by atoms with Crippen LogP contribution >= 0.6 is 0 Å². The van der Waals surface area contributed by atoms with Crippen LogP contribution in [0.5, 0.6) is 0 Å². The van der Waals surface area contributed by atoms with E-state index in [9.17, 15) is 0 Å². The molecule has 1 rings (SSSR count). The first-order valence-electron chi connectivity index (χ1n) is 2.28. The third-order valence-electron chi connectivity index (χ3n) is 0.846. The van der Waals surface area contributed by atoms with Gasteiger partial charge < -0.3 is 10.1 Å². The molecule has 2 nitrogen and oxygen atoms in total. The maximum atomic E-state index is 5.01. The van der Waals surface area contributed by atoms with Gasteiger partial charge in [0.25, 0.3) is 0 Å². The van der Waals surface area contributed by atoms with E-state index in [1.807, 2.05) is 0 Å². The van der Waals surface area contributed by atoms with Crippen LogP contribution in [0.25, 0.3) is 0 Å². The third kappa shape index (κ3) is 3.43. The molecule has 3 heteroatoms. The van der Waals surface area contributed by atoms with Crippen LogP contribution < -0.4 is 5.32 Å². The summed E-state index contributed by atoms with van der Waals surface area (Å²) in [6.45, 7) is 3.83. The molecule has 0 aromatic heterocycles. The van der Waals surface area contributed by atoms with Crippen molar-refractivity contribution in [2.24, 2.45) is 0 Å². The number of hydrogen-bond donors (Lipinski definition) is 1.